The monoisotopic (exact) mass is 419 g/mol. The Morgan fingerprint density at radius 3 is 2.45 bits per heavy atom. The zero-order valence-corrected chi connectivity index (χ0v) is 16.8. The van der Waals surface area contributed by atoms with E-state index in [2.05, 4.69) is 5.32 Å². The van der Waals surface area contributed by atoms with Gasteiger partial charge >= 0.3 is 0 Å². The Labute approximate surface area is 176 Å². The Bertz CT molecular complexity index is 1350. The minimum atomic E-state index is -0.483. The molecule has 0 bridgehead atoms. The number of anilines is 1. The Balaban J connectivity index is 1.65. The fourth-order valence-electron chi connectivity index (χ4n) is 3.21. The van der Waals surface area contributed by atoms with Crippen molar-refractivity contribution in [1.29, 1.82) is 0 Å². The molecule has 7 heteroatoms. The molecule has 1 N–H and O–H groups in total. The van der Waals surface area contributed by atoms with Gasteiger partial charge in [0.05, 0.1) is 25.2 Å². The number of benzene rings is 3. The van der Waals surface area contributed by atoms with Gasteiger partial charge in [0, 0.05) is 17.3 Å². The van der Waals surface area contributed by atoms with Crippen LogP contribution in [0.3, 0.4) is 0 Å². The Hall–Kier alpha value is -4.13. The first kappa shape index (κ1) is 20.2. The average Bonchev–Trinajstić information content (AvgIpc) is 2.79. The summed E-state index contributed by atoms with van der Waals surface area (Å²) in [5.41, 5.74) is 0.918. The number of fused-ring (bicyclic) bond motifs is 1. The van der Waals surface area contributed by atoms with E-state index in [0.29, 0.717) is 22.7 Å². The molecule has 0 spiro atoms. The van der Waals surface area contributed by atoms with Gasteiger partial charge in [-0.3, -0.25) is 9.59 Å². The summed E-state index contributed by atoms with van der Waals surface area (Å²) in [6.45, 7) is 0. The van der Waals surface area contributed by atoms with Crippen LogP contribution in [0.25, 0.3) is 22.3 Å². The fourth-order valence-corrected chi connectivity index (χ4v) is 3.21. The van der Waals surface area contributed by atoms with Crippen LogP contribution >= 0.6 is 0 Å². The maximum atomic E-state index is 14.1. The van der Waals surface area contributed by atoms with Crippen molar-refractivity contribution in [2.45, 2.75) is 0 Å². The lowest BCUT2D eigenvalue weighted by molar-refractivity contribution is 0.102. The van der Waals surface area contributed by atoms with Crippen LogP contribution in [0.15, 0.2) is 75.9 Å². The van der Waals surface area contributed by atoms with Crippen molar-refractivity contribution in [2.75, 3.05) is 19.5 Å². The van der Waals surface area contributed by atoms with Crippen LogP contribution in [-0.2, 0) is 0 Å². The van der Waals surface area contributed by atoms with Crippen molar-refractivity contribution >= 4 is 22.6 Å². The van der Waals surface area contributed by atoms with Crippen LogP contribution < -0.4 is 20.2 Å². The third-order valence-corrected chi connectivity index (χ3v) is 4.77. The van der Waals surface area contributed by atoms with E-state index < -0.39 is 5.82 Å². The molecule has 0 radical (unpaired) electrons. The molecular formula is C24H18FNO5. The third kappa shape index (κ3) is 3.98. The highest BCUT2D eigenvalue weighted by atomic mass is 19.1. The minimum Gasteiger partial charge on any atom is -0.493 e. The van der Waals surface area contributed by atoms with Crippen LogP contribution in [0.1, 0.15) is 10.4 Å². The zero-order chi connectivity index (χ0) is 22.0. The van der Waals surface area contributed by atoms with Crippen LogP contribution in [0.2, 0.25) is 0 Å². The van der Waals surface area contributed by atoms with E-state index in [4.69, 9.17) is 13.9 Å². The molecule has 1 heterocycles. The van der Waals surface area contributed by atoms with E-state index in [1.807, 2.05) is 0 Å². The molecule has 0 aliphatic carbocycles. The third-order valence-electron chi connectivity index (χ3n) is 4.77. The first-order valence-corrected chi connectivity index (χ1v) is 9.36. The van der Waals surface area contributed by atoms with E-state index in [9.17, 15) is 14.0 Å². The van der Waals surface area contributed by atoms with Gasteiger partial charge in [0.15, 0.2) is 16.9 Å². The number of hydrogen-bond donors (Lipinski definition) is 1. The summed E-state index contributed by atoms with van der Waals surface area (Å²) < 4.78 is 30.2. The van der Waals surface area contributed by atoms with E-state index in [0.717, 1.165) is 0 Å². The maximum absolute atomic E-state index is 14.1. The van der Waals surface area contributed by atoms with Crippen LogP contribution in [0, 0.1) is 5.82 Å². The largest absolute Gasteiger partial charge is 0.493 e. The van der Waals surface area contributed by atoms with E-state index in [-0.39, 0.29) is 33.6 Å². The predicted octanol–water partition coefficient (Wildman–Crippen LogP) is 4.87. The van der Waals surface area contributed by atoms with Gasteiger partial charge in [-0.05, 0) is 48.5 Å². The number of nitrogens with one attached hydrogen (secondary N) is 1. The second kappa shape index (κ2) is 8.31. The molecule has 4 aromatic rings. The van der Waals surface area contributed by atoms with Gasteiger partial charge in [0.1, 0.15) is 17.2 Å². The number of carbonyl (C=O) groups is 1. The molecule has 0 saturated carbocycles. The highest BCUT2D eigenvalue weighted by Crippen LogP contribution is 2.29. The van der Waals surface area contributed by atoms with Gasteiger partial charge in [0.25, 0.3) is 5.91 Å². The van der Waals surface area contributed by atoms with E-state index in [1.54, 1.807) is 42.5 Å². The predicted molar refractivity (Wildman–Crippen MR) is 115 cm³/mol. The molecule has 31 heavy (non-hydrogen) atoms. The topological polar surface area (TPSA) is 77.8 Å². The van der Waals surface area contributed by atoms with Crippen LogP contribution in [0.4, 0.5) is 10.1 Å². The van der Waals surface area contributed by atoms with Gasteiger partial charge < -0.3 is 19.2 Å². The number of rotatable bonds is 5. The summed E-state index contributed by atoms with van der Waals surface area (Å²) in [5, 5.41) is 3.01. The van der Waals surface area contributed by atoms with Crippen molar-refractivity contribution in [2.24, 2.45) is 0 Å². The van der Waals surface area contributed by atoms with Gasteiger partial charge in [-0.2, -0.15) is 0 Å². The lowest BCUT2D eigenvalue weighted by Gasteiger charge is -2.10. The summed E-state index contributed by atoms with van der Waals surface area (Å²) in [4.78, 5) is 25.2. The molecule has 0 saturated heterocycles. The first-order chi connectivity index (χ1) is 15.0. The van der Waals surface area contributed by atoms with Crippen LogP contribution in [0.5, 0.6) is 11.5 Å². The number of amides is 1. The molecule has 0 unspecified atom stereocenters. The quantitative estimate of drug-likeness (QED) is 0.499. The molecule has 156 valence electrons. The summed E-state index contributed by atoms with van der Waals surface area (Å²) in [7, 11) is 2.99. The lowest BCUT2D eigenvalue weighted by atomic mass is 10.1. The number of carbonyl (C=O) groups excluding carboxylic acids is 1. The second-order valence-corrected chi connectivity index (χ2v) is 6.69. The van der Waals surface area contributed by atoms with Crippen LogP contribution in [-0.4, -0.2) is 20.1 Å². The molecule has 1 aromatic heterocycles. The Kier molecular flexibility index (Phi) is 5.41. The molecule has 3 aromatic carbocycles. The molecule has 0 fully saturated rings. The summed E-state index contributed by atoms with van der Waals surface area (Å²) in [6, 6.07) is 16.8. The minimum absolute atomic E-state index is 0.137. The summed E-state index contributed by atoms with van der Waals surface area (Å²) >= 11 is 0. The van der Waals surface area contributed by atoms with Gasteiger partial charge in [-0.15, -0.1) is 0 Å². The fraction of sp³-hybridized carbons (Fsp3) is 0.0833. The standard InChI is InChI=1S/C24H18FNO5/c1-29-21-9-7-14(11-23(21)30-2)24(28)26-15-8-10-20-17(12-15)19(27)13-22(31-20)16-5-3-4-6-18(16)25/h3-13H,1-2H3,(H,26,28). The molecule has 0 atom stereocenters. The normalized spacial score (nSPS) is 10.7. The average molecular weight is 419 g/mol. The maximum Gasteiger partial charge on any atom is 0.255 e. The molecular weight excluding hydrogens is 401 g/mol. The number of ether oxygens (including phenoxy) is 2. The van der Waals surface area contributed by atoms with E-state index in [1.165, 1.54) is 38.5 Å². The Morgan fingerprint density at radius 2 is 1.71 bits per heavy atom. The highest BCUT2D eigenvalue weighted by molar-refractivity contribution is 6.05. The van der Waals surface area contributed by atoms with Crippen molar-refractivity contribution in [1.82, 2.24) is 0 Å². The smallest absolute Gasteiger partial charge is 0.255 e. The molecule has 0 aliphatic heterocycles. The molecule has 1 amide bonds. The Morgan fingerprint density at radius 1 is 0.935 bits per heavy atom. The van der Waals surface area contributed by atoms with Crippen molar-refractivity contribution in [3.05, 3.63) is 88.3 Å². The molecule has 0 aliphatic rings. The second-order valence-electron chi connectivity index (χ2n) is 6.69. The lowest BCUT2D eigenvalue weighted by Crippen LogP contribution is -2.12. The molecule has 4 rings (SSSR count). The van der Waals surface area contributed by atoms with E-state index >= 15 is 0 Å². The van der Waals surface area contributed by atoms with Crippen molar-refractivity contribution < 1.29 is 23.1 Å². The number of methoxy groups -OCH3 is 2. The van der Waals surface area contributed by atoms with Gasteiger partial charge in [-0.1, -0.05) is 12.1 Å². The molecule has 6 nitrogen and oxygen atoms in total. The summed E-state index contributed by atoms with van der Waals surface area (Å²) in [5.74, 6) is 0.206. The summed E-state index contributed by atoms with van der Waals surface area (Å²) in [6.07, 6.45) is 0. The highest BCUT2D eigenvalue weighted by Gasteiger charge is 2.14. The van der Waals surface area contributed by atoms with Gasteiger partial charge in [-0.25, -0.2) is 4.39 Å². The van der Waals surface area contributed by atoms with Crippen molar-refractivity contribution in [3.8, 4) is 22.8 Å². The number of hydrogen-bond acceptors (Lipinski definition) is 5. The van der Waals surface area contributed by atoms with Crippen molar-refractivity contribution in [3.63, 3.8) is 0 Å². The first-order valence-electron chi connectivity index (χ1n) is 9.36. The van der Waals surface area contributed by atoms with Gasteiger partial charge in [0.2, 0.25) is 0 Å². The SMILES string of the molecule is COc1ccc(C(=O)Nc2ccc3oc(-c4ccccc4F)cc(=O)c3c2)cc1OC. The zero-order valence-electron chi connectivity index (χ0n) is 16.8. The number of halogens is 1.